The van der Waals surface area contributed by atoms with Crippen molar-refractivity contribution in [3.63, 3.8) is 0 Å². The maximum atomic E-state index is 4.50. The number of nitrogens with one attached hydrogen (secondary N) is 1. The van der Waals surface area contributed by atoms with Gasteiger partial charge in [-0.3, -0.25) is 0 Å². The van der Waals surface area contributed by atoms with Crippen LogP contribution in [0.4, 0.5) is 0 Å². The van der Waals surface area contributed by atoms with E-state index in [4.69, 9.17) is 0 Å². The van der Waals surface area contributed by atoms with E-state index in [1.54, 1.807) is 0 Å². The van der Waals surface area contributed by atoms with Gasteiger partial charge in [-0.25, -0.2) is 4.68 Å². The fourth-order valence-electron chi connectivity index (χ4n) is 1.99. The first kappa shape index (κ1) is 10.0. The average molecular weight is 227 g/mol. The summed E-state index contributed by atoms with van der Waals surface area (Å²) >= 11 is 0. The predicted octanol–water partition coefficient (Wildman–Crippen LogP) is 2.01. The Balaban J connectivity index is 2.18. The molecule has 0 aliphatic carbocycles. The summed E-state index contributed by atoms with van der Waals surface area (Å²) in [6.07, 6.45) is 0.956. The summed E-state index contributed by atoms with van der Waals surface area (Å²) in [5.41, 5.74) is 4.98. The molecule has 1 N–H and O–H groups in total. The lowest BCUT2D eigenvalue weighted by Crippen LogP contribution is -2.01. The van der Waals surface area contributed by atoms with E-state index in [1.165, 1.54) is 5.69 Å². The SMILES string of the molecule is CCc1cc(C)nn1-c1ccc2n[nH]nc2c1. The first-order chi connectivity index (χ1) is 8.28. The van der Waals surface area contributed by atoms with Crippen molar-refractivity contribution in [3.8, 4) is 5.69 Å². The van der Waals surface area contributed by atoms with Crippen molar-refractivity contribution < 1.29 is 0 Å². The predicted molar refractivity (Wildman–Crippen MR) is 65.1 cm³/mol. The van der Waals surface area contributed by atoms with Crippen LogP contribution in [0.3, 0.4) is 0 Å². The van der Waals surface area contributed by atoms with Crippen LogP contribution in [0, 0.1) is 6.92 Å². The van der Waals surface area contributed by atoms with E-state index in [0.717, 1.165) is 28.8 Å². The Morgan fingerprint density at radius 3 is 2.82 bits per heavy atom. The molecule has 3 rings (SSSR count). The third-order valence-electron chi connectivity index (χ3n) is 2.81. The number of aromatic amines is 1. The number of aryl methyl sites for hydroxylation is 2. The van der Waals surface area contributed by atoms with Crippen LogP contribution in [0.5, 0.6) is 0 Å². The highest BCUT2D eigenvalue weighted by Gasteiger charge is 2.07. The molecule has 0 amide bonds. The number of benzene rings is 1. The molecule has 2 aromatic heterocycles. The van der Waals surface area contributed by atoms with E-state index in [9.17, 15) is 0 Å². The van der Waals surface area contributed by atoms with Gasteiger partial charge in [-0.2, -0.15) is 20.5 Å². The van der Waals surface area contributed by atoms with E-state index in [-0.39, 0.29) is 0 Å². The minimum atomic E-state index is 0.859. The van der Waals surface area contributed by atoms with Gasteiger partial charge in [0.2, 0.25) is 0 Å². The molecular weight excluding hydrogens is 214 g/mol. The molecule has 17 heavy (non-hydrogen) atoms. The summed E-state index contributed by atoms with van der Waals surface area (Å²) in [5.74, 6) is 0. The molecule has 0 saturated carbocycles. The molecule has 3 aromatic rings. The van der Waals surface area contributed by atoms with E-state index < -0.39 is 0 Å². The minimum Gasteiger partial charge on any atom is -0.237 e. The molecule has 86 valence electrons. The van der Waals surface area contributed by atoms with Crippen molar-refractivity contribution in [2.75, 3.05) is 0 Å². The second-order valence-electron chi connectivity index (χ2n) is 4.04. The highest BCUT2D eigenvalue weighted by atomic mass is 15.3. The van der Waals surface area contributed by atoms with Crippen LogP contribution in [0.1, 0.15) is 18.3 Å². The largest absolute Gasteiger partial charge is 0.237 e. The summed E-state index contributed by atoms with van der Waals surface area (Å²) in [6.45, 7) is 4.13. The number of H-pyrrole nitrogens is 1. The Bertz CT molecular complexity index is 664. The van der Waals surface area contributed by atoms with Crippen molar-refractivity contribution in [2.24, 2.45) is 0 Å². The Kier molecular flexibility index (Phi) is 2.18. The molecule has 0 fully saturated rings. The Labute approximate surface area is 98.5 Å². The van der Waals surface area contributed by atoms with Crippen LogP contribution < -0.4 is 0 Å². The molecule has 0 aliphatic heterocycles. The van der Waals surface area contributed by atoms with Gasteiger partial charge in [0.05, 0.1) is 11.4 Å². The molecule has 0 atom stereocenters. The van der Waals surface area contributed by atoms with Gasteiger partial charge in [0.1, 0.15) is 11.0 Å². The first-order valence-electron chi connectivity index (χ1n) is 5.64. The molecule has 0 aliphatic rings. The van der Waals surface area contributed by atoms with E-state index in [1.807, 2.05) is 29.8 Å². The van der Waals surface area contributed by atoms with Crippen molar-refractivity contribution in [1.82, 2.24) is 25.2 Å². The Morgan fingerprint density at radius 1 is 1.18 bits per heavy atom. The van der Waals surface area contributed by atoms with Crippen molar-refractivity contribution in [3.05, 3.63) is 35.7 Å². The van der Waals surface area contributed by atoms with Crippen LogP contribution in [0.15, 0.2) is 24.3 Å². The highest BCUT2D eigenvalue weighted by Crippen LogP contribution is 2.17. The molecule has 1 aromatic carbocycles. The lowest BCUT2D eigenvalue weighted by molar-refractivity contribution is 0.805. The third-order valence-corrected chi connectivity index (χ3v) is 2.81. The van der Waals surface area contributed by atoms with Crippen LogP contribution in [-0.2, 0) is 6.42 Å². The molecule has 5 nitrogen and oxygen atoms in total. The van der Waals surface area contributed by atoms with Crippen LogP contribution in [-0.4, -0.2) is 25.2 Å². The molecule has 0 spiro atoms. The number of hydrogen-bond acceptors (Lipinski definition) is 3. The van der Waals surface area contributed by atoms with Gasteiger partial charge in [-0.05, 0) is 37.6 Å². The van der Waals surface area contributed by atoms with Gasteiger partial charge in [0, 0.05) is 5.69 Å². The molecule has 0 bridgehead atoms. The average Bonchev–Trinajstić information content (AvgIpc) is 2.93. The monoisotopic (exact) mass is 227 g/mol. The zero-order chi connectivity index (χ0) is 11.8. The maximum absolute atomic E-state index is 4.50. The van der Waals surface area contributed by atoms with Crippen molar-refractivity contribution >= 4 is 11.0 Å². The standard InChI is InChI=1S/C12H13N5/c1-3-9-6-8(2)15-17(9)10-4-5-11-12(7-10)14-16-13-11/h4-7H,3H2,1-2H3,(H,13,14,16). The van der Waals surface area contributed by atoms with Crippen LogP contribution in [0.25, 0.3) is 16.7 Å². The number of rotatable bonds is 2. The Hall–Kier alpha value is -2.17. The lowest BCUT2D eigenvalue weighted by Gasteiger charge is -2.04. The fraction of sp³-hybridized carbons (Fsp3) is 0.250. The molecular formula is C12H13N5. The zero-order valence-electron chi connectivity index (χ0n) is 9.81. The molecule has 0 saturated heterocycles. The van der Waals surface area contributed by atoms with Gasteiger partial charge in [0.25, 0.3) is 0 Å². The van der Waals surface area contributed by atoms with Crippen molar-refractivity contribution in [2.45, 2.75) is 20.3 Å². The van der Waals surface area contributed by atoms with Gasteiger partial charge in [-0.1, -0.05) is 6.92 Å². The summed E-state index contributed by atoms with van der Waals surface area (Å²) in [5, 5.41) is 15.2. The molecule has 0 unspecified atom stereocenters. The number of nitrogens with zero attached hydrogens (tertiary/aromatic N) is 4. The smallest absolute Gasteiger partial charge is 0.115 e. The summed E-state index contributed by atoms with van der Waals surface area (Å²) < 4.78 is 1.96. The molecule has 0 radical (unpaired) electrons. The normalized spacial score (nSPS) is 11.2. The summed E-state index contributed by atoms with van der Waals surface area (Å²) in [4.78, 5) is 0. The maximum Gasteiger partial charge on any atom is 0.115 e. The van der Waals surface area contributed by atoms with Gasteiger partial charge >= 0.3 is 0 Å². The summed E-state index contributed by atoms with van der Waals surface area (Å²) in [6, 6.07) is 8.05. The van der Waals surface area contributed by atoms with E-state index >= 15 is 0 Å². The quantitative estimate of drug-likeness (QED) is 0.728. The number of fused-ring (bicyclic) bond motifs is 1. The number of aromatic nitrogens is 5. The molecule has 2 heterocycles. The van der Waals surface area contributed by atoms with Crippen molar-refractivity contribution in [1.29, 1.82) is 0 Å². The number of hydrogen-bond donors (Lipinski definition) is 1. The molecule has 5 heteroatoms. The minimum absolute atomic E-state index is 0.859. The zero-order valence-corrected chi connectivity index (χ0v) is 9.81. The first-order valence-corrected chi connectivity index (χ1v) is 5.64. The highest BCUT2D eigenvalue weighted by molar-refractivity contribution is 5.75. The summed E-state index contributed by atoms with van der Waals surface area (Å²) in [7, 11) is 0. The van der Waals surface area contributed by atoms with Gasteiger partial charge in [0.15, 0.2) is 0 Å². The Morgan fingerprint density at radius 2 is 2.00 bits per heavy atom. The van der Waals surface area contributed by atoms with E-state index in [2.05, 4.69) is 33.5 Å². The third kappa shape index (κ3) is 1.60. The topological polar surface area (TPSA) is 59.4 Å². The fourth-order valence-corrected chi connectivity index (χ4v) is 1.99. The second-order valence-corrected chi connectivity index (χ2v) is 4.04. The van der Waals surface area contributed by atoms with Gasteiger partial charge in [-0.15, -0.1) is 0 Å². The lowest BCUT2D eigenvalue weighted by atomic mass is 10.2. The second kappa shape index (κ2) is 3.69. The van der Waals surface area contributed by atoms with E-state index in [0.29, 0.717) is 0 Å². The van der Waals surface area contributed by atoms with Gasteiger partial charge < -0.3 is 0 Å². The van der Waals surface area contributed by atoms with Crippen LogP contribution >= 0.6 is 0 Å². The van der Waals surface area contributed by atoms with Crippen LogP contribution in [0.2, 0.25) is 0 Å².